The highest BCUT2D eigenvalue weighted by Gasteiger charge is 2.17. The van der Waals surface area contributed by atoms with Crippen molar-refractivity contribution in [1.29, 1.82) is 0 Å². The molecule has 1 aliphatic heterocycles. The summed E-state index contributed by atoms with van der Waals surface area (Å²) in [5.41, 5.74) is 2.57. The molecule has 1 saturated heterocycles. The molecule has 1 heterocycles. The maximum atomic E-state index is 12.4. The second-order valence-corrected chi connectivity index (χ2v) is 4.16. The van der Waals surface area contributed by atoms with Gasteiger partial charge >= 0.3 is 0 Å². The molecule has 1 fully saturated rings. The third-order valence-electron chi connectivity index (χ3n) is 3.20. The van der Waals surface area contributed by atoms with Gasteiger partial charge in [-0.2, -0.15) is 0 Å². The van der Waals surface area contributed by atoms with Gasteiger partial charge in [-0.3, -0.25) is 4.39 Å². The molecular formula is C13H18FN. The standard InChI is InChI=1S/C13H18FN/c14-8-5-11-3-1-2-4-13(11)12-6-9-15-10-7-12/h1-4,12,15H,5-10H2. The number of nitrogens with one attached hydrogen (secondary N) is 1. The van der Waals surface area contributed by atoms with E-state index in [0.717, 1.165) is 13.1 Å². The number of piperidine rings is 1. The summed E-state index contributed by atoms with van der Waals surface area (Å²) in [4.78, 5) is 0. The summed E-state index contributed by atoms with van der Waals surface area (Å²) in [6.07, 6.45) is 2.94. The van der Waals surface area contributed by atoms with E-state index in [2.05, 4.69) is 23.5 Å². The van der Waals surface area contributed by atoms with Crippen molar-refractivity contribution in [2.45, 2.75) is 25.2 Å². The van der Waals surface area contributed by atoms with E-state index in [1.54, 1.807) is 0 Å². The van der Waals surface area contributed by atoms with Crippen molar-refractivity contribution in [1.82, 2.24) is 5.32 Å². The number of hydrogen-bond acceptors (Lipinski definition) is 1. The third kappa shape index (κ3) is 2.57. The Morgan fingerprint density at radius 1 is 1.20 bits per heavy atom. The highest BCUT2D eigenvalue weighted by Crippen LogP contribution is 2.28. The molecule has 0 unspecified atom stereocenters. The third-order valence-corrected chi connectivity index (χ3v) is 3.20. The van der Waals surface area contributed by atoms with Crippen LogP contribution in [0.15, 0.2) is 24.3 Å². The molecule has 82 valence electrons. The van der Waals surface area contributed by atoms with Crippen LogP contribution in [-0.4, -0.2) is 19.8 Å². The lowest BCUT2D eigenvalue weighted by Gasteiger charge is -2.24. The van der Waals surface area contributed by atoms with Crippen molar-refractivity contribution in [3.63, 3.8) is 0 Å². The quantitative estimate of drug-likeness (QED) is 0.803. The van der Waals surface area contributed by atoms with Crippen molar-refractivity contribution in [2.24, 2.45) is 0 Å². The topological polar surface area (TPSA) is 12.0 Å². The summed E-state index contributed by atoms with van der Waals surface area (Å²) in [6.45, 7) is 1.94. The van der Waals surface area contributed by atoms with Gasteiger partial charge in [0.1, 0.15) is 0 Å². The Balaban J connectivity index is 2.17. The minimum Gasteiger partial charge on any atom is -0.317 e. The number of halogens is 1. The zero-order valence-electron chi connectivity index (χ0n) is 9.01. The molecule has 0 amide bonds. The SMILES string of the molecule is FCCc1ccccc1C1CCNCC1. The lowest BCUT2D eigenvalue weighted by molar-refractivity contribution is 0.453. The Labute approximate surface area is 90.7 Å². The Hall–Kier alpha value is -0.890. The smallest absolute Gasteiger partial charge is 0.0934 e. The van der Waals surface area contributed by atoms with E-state index in [9.17, 15) is 4.39 Å². The van der Waals surface area contributed by atoms with Crippen LogP contribution < -0.4 is 5.32 Å². The fraction of sp³-hybridized carbons (Fsp3) is 0.538. The van der Waals surface area contributed by atoms with Crippen LogP contribution in [0, 0.1) is 0 Å². The molecule has 0 spiro atoms. The molecule has 0 saturated carbocycles. The Morgan fingerprint density at radius 3 is 2.67 bits per heavy atom. The molecule has 0 aromatic heterocycles. The molecule has 1 aliphatic rings. The van der Waals surface area contributed by atoms with Crippen LogP contribution in [0.1, 0.15) is 29.9 Å². The van der Waals surface area contributed by atoms with Gasteiger partial charge in [-0.15, -0.1) is 0 Å². The van der Waals surface area contributed by atoms with Crippen LogP contribution in [-0.2, 0) is 6.42 Å². The molecule has 15 heavy (non-hydrogen) atoms. The summed E-state index contributed by atoms with van der Waals surface area (Å²) in [5, 5.41) is 3.36. The molecule has 1 aromatic rings. The second kappa shape index (κ2) is 5.26. The van der Waals surface area contributed by atoms with E-state index in [4.69, 9.17) is 0 Å². The lowest BCUT2D eigenvalue weighted by Crippen LogP contribution is -2.27. The van der Waals surface area contributed by atoms with Gasteiger partial charge in [0.2, 0.25) is 0 Å². The first-order valence-electron chi connectivity index (χ1n) is 5.76. The van der Waals surface area contributed by atoms with Crippen LogP contribution >= 0.6 is 0 Å². The van der Waals surface area contributed by atoms with Gasteiger partial charge in [-0.05, 0) is 43.0 Å². The van der Waals surface area contributed by atoms with Gasteiger partial charge < -0.3 is 5.32 Å². The summed E-state index contributed by atoms with van der Waals surface area (Å²) in [6, 6.07) is 8.31. The predicted molar refractivity (Wildman–Crippen MR) is 61.0 cm³/mol. The molecule has 0 aliphatic carbocycles. The Bertz CT molecular complexity index is 305. The fourth-order valence-corrected chi connectivity index (χ4v) is 2.39. The minimum atomic E-state index is -0.248. The number of aryl methyl sites for hydroxylation is 1. The number of alkyl halides is 1. The zero-order chi connectivity index (χ0) is 10.5. The highest BCUT2D eigenvalue weighted by molar-refractivity contribution is 5.31. The summed E-state index contributed by atoms with van der Waals surface area (Å²) in [5.74, 6) is 0.633. The number of benzene rings is 1. The summed E-state index contributed by atoms with van der Waals surface area (Å²) >= 11 is 0. The largest absolute Gasteiger partial charge is 0.317 e. The van der Waals surface area contributed by atoms with Gasteiger partial charge in [0.05, 0.1) is 6.67 Å². The first-order valence-corrected chi connectivity index (χ1v) is 5.76. The molecule has 1 nitrogen and oxygen atoms in total. The van der Waals surface area contributed by atoms with E-state index < -0.39 is 0 Å². The highest BCUT2D eigenvalue weighted by atomic mass is 19.1. The van der Waals surface area contributed by atoms with Crippen molar-refractivity contribution in [3.05, 3.63) is 35.4 Å². The normalized spacial score (nSPS) is 17.9. The Kier molecular flexibility index (Phi) is 3.73. The molecular weight excluding hydrogens is 189 g/mol. The monoisotopic (exact) mass is 207 g/mol. The zero-order valence-corrected chi connectivity index (χ0v) is 9.01. The molecule has 0 bridgehead atoms. The van der Waals surface area contributed by atoms with Crippen LogP contribution in [0.4, 0.5) is 4.39 Å². The molecule has 2 rings (SSSR count). The molecule has 1 N–H and O–H groups in total. The number of hydrogen-bond donors (Lipinski definition) is 1. The average Bonchev–Trinajstić information content (AvgIpc) is 2.31. The Morgan fingerprint density at radius 2 is 1.93 bits per heavy atom. The molecule has 0 atom stereocenters. The maximum absolute atomic E-state index is 12.4. The number of rotatable bonds is 3. The fourth-order valence-electron chi connectivity index (χ4n) is 2.39. The van der Waals surface area contributed by atoms with E-state index in [0.29, 0.717) is 12.3 Å². The maximum Gasteiger partial charge on any atom is 0.0934 e. The molecule has 0 radical (unpaired) electrons. The first-order chi connectivity index (χ1) is 7.42. The van der Waals surface area contributed by atoms with Crippen molar-refractivity contribution >= 4 is 0 Å². The summed E-state index contributed by atoms with van der Waals surface area (Å²) in [7, 11) is 0. The van der Waals surface area contributed by atoms with Crippen LogP contribution in [0.2, 0.25) is 0 Å². The average molecular weight is 207 g/mol. The van der Waals surface area contributed by atoms with Gasteiger partial charge in [-0.25, -0.2) is 0 Å². The van der Waals surface area contributed by atoms with Gasteiger partial charge in [0.25, 0.3) is 0 Å². The van der Waals surface area contributed by atoms with Crippen LogP contribution in [0.5, 0.6) is 0 Å². The second-order valence-electron chi connectivity index (χ2n) is 4.16. The van der Waals surface area contributed by atoms with Crippen LogP contribution in [0.25, 0.3) is 0 Å². The van der Waals surface area contributed by atoms with Gasteiger partial charge in [-0.1, -0.05) is 24.3 Å². The predicted octanol–water partition coefficient (Wildman–Crippen LogP) is 2.67. The lowest BCUT2D eigenvalue weighted by atomic mass is 9.86. The van der Waals surface area contributed by atoms with Crippen molar-refractivity contribution < 1.29 is 4.39 Å². The van der Waals surface area contributed by atoms with Gasteiger partial charge in [0, 0.05) is 6.42 Å². The van der Waals surface area contributed by atoms with Crippen molar-refractivity contribution in [3.8, 4) is 0 Å². The van der Waals surface area contributed by atoms with E-state index in [-0.39, 0.29) is 6.67 Å². The molecule has 1 aromatic carbocycles. The molecule has 2 heteroatoms. The van der Waals surface area contributed by atoms with E-state index in [1.807, 2.05) is 6.07 Å². The van der Waals surface area contributed by atoms with Gasteiger partial charge in [0.15, 0.2) is 0 Å². The first kappa shape index (κ1) is 10.6. The van der Waals surface area contributed by atoms with E-state index >= 15 is 0 Å². The van der Waals surface area contributed by atoms with Crippen LogP contribution in [0.3, 0.4) is 0 Å². The van der Waals surface area contributed by atoms with E-state index in [1.165, 1.54) is 24.0 Å². The van der Waals surface area contributed by atoms with Crippen molar-refractivity contribution in [2.75, 3.05) is 19.8 Å². The summed E-state index contributed by atoms with van der Waals surface area (Å²) < 4.78 is 12.4. The minimum absolute atomic E-state index is 0.248.